The van der Waals surface area contributed by atoms with Crippen LogP contribution in [0.2, 0.25) is 0 Å². The van der Waals surface area contributed by atoms with Gasteiger partial charge in [-0.1, -0.05) is 20.8 Å². The summed E-state index contributed by atoms with van der Waals surface area (Å²) in [4.78, 5) is 16.2. The summed E-state index contributed by atoms with van der Waals surface area (Å²) >= 11 is 1.56. The van der Waals surface area contributed by atoms with Gasteiger partial charge in [-0.15, -0.1) is 11.3 Å². The number of rotatable bonds is 2. The van der Waals surface area contributed by atoms with E-state index < -0.39 is 0 Å². The van der Waals surface area contributed by atoms with Gasteiger partial charge in [0.2, 0.25) is 0 Å². The van der Waals surface area contributed by atoms with Crippen molar-refractivity contribution in [1.82, 2.24) is 4.98 Å². The maximum atomic E-state index is 11.6. The minimum atomic E-state index is -0.353. The first-order valence-electron chi connectivity index (χ1n) is 6.97. The van der Waals surface area contributed by atoms with Crippen LogP contribution in [0.15, 0.2) is 34.1 Å². The fraction of sp³-hybridized carbons (Fsp3) is 0.294. The van der Waals surface area contributed by atoms with Crippen LogP contribution >= 0.6 is 11.3 Å². The molecule has 4 nitrogen and oxygen atoms in total. The maximum absolute atomic E-state index is 11.6. The zero-order valence-electron chi connectivity index (χ0n) is 13.0. The highest BCUT2D eigenvalue weighted by Gasteiger charge is 2.19. The Balaban J connectivity index is 2.01. The lowest BCUT2D eigenvalue weighted by atomic mass is 9.93. The second kappa shape index (κ2) is 5.25. The monoisotopic (exact) mass is 315 g/mol. The summed E-state index contributed by atoms with van der Waals surface area (Å²) in [6.45, 7) is 6.40. The van der Waals surface area contributed by atoms with Gasteiger partial charge in [-0.2, -0.15) is 0 Å². The Morgan fingerprint density at radius 2 is 2.05 bits per heavy atom. The van der Waals surface area contributed by atoms with Gasteiger partial charge in [0.05, 0.1) is 18.4 Å². The summed E-state index contributed by atoms with van der Waals surface area (Å²) in [5, 5.41) is 3.77. The molecule has 0 saturated heterocycles. The van der Waals surface area contributed by atoms with Crippen LogP contribution in [0.25, 0.3) is 21.7 Å². The molecular formula is C17H17NO3S. The predicted molar refractivity (Wildman–Crippen MR) is 87.4 cm³/mol. The molecule has 3 aromatic rings. The van der Waals surface area contributed by atoms with Gasteiger partial charge in [0, 0.05) is 16.2 Å². The van der Waals surface area contributed by atoms with Crippen LogP contribution in [0.4, 0.5) is 0 Å². The molecule has 0 unspecified atom stereocenters. The number of ether oxygens (including phenoxy) is 1. The number of methoxy groups -OCH3 is 1. The Kier molecular flexibility index (Phi) is 3.53. The smallest absolute Gasteiger partial charge is 0.337 e. The summed E-state index contributed by atoms with van der Waals surface area (Å²) in [5.74, 6) is 0.367. The van der Waals surface area contributed by atoms with Crippen LogP contribution in [0, 0.1) is 0 Å². The predicted octanol–water partition coefficient (Wildman–Crippen LogP) is 4.64. The van der Waals surface area contributed by atoms with E-state index in [2.05, 4.69) is 31.1 Å². The lowest BCUT2D eigenvalue weighted by Crippen LogP contribution is -2.11. The highest BCUT2D eigenvalue weighted by atomic mass is 32.1. The Morgan fingerprint density at radius 3 is 2.68 bits per heavy atom. The van der Waals surface area contributed by atoms with Crippen molar-refractivity contribution in [3.05, 3.63) is 40.9 Å². The molecule has 0 bridgehead atoms. The first-order chi connectivity index (χ1) is 10.4. The molecule has 0 N–H and O–H groups in total. The van der Waals surface area contributed by atoms with E-state index in [0.717, 1.165) is 27.4 Å². The van der Waals surface area contributed by atoms with Crippen molar-refractivity contribution >= 4 is 28.3 Å². The lowest BCUT2D eigenvalue weighted by molar-refractivity contribution is 0.0601. The SMILES string of the molecule is COC(=O)c1ccc2oc(-c3nc(C(C)(C)C)cs3)cc2c1. The molecule has 3 rings (SSSR count). The third kappa shape index (κ3) is 2.64. The van der Waals surface area contributed by atoms with Crippen molar-refractivity contribution in [3.8, 4) is 10.8 Å². The second-order valence-electron chi connectivity index (χ2n) is 6.14. The van der Waals surface area contributed by atoms with Gasteiger partial charge in [-0.3, -0.25) is 0 Å². The molecule has 0 aliphatic carbocycles. The fourth-order valence-corrected chi connectivity index (χ4v) is 3.12. The molecule has 0 saturated carbocycles. The van der Waals surface area contributed by atoms with Crippen molar-refractivity contribution in [1.29, 1.82) is 0 Å². The van der Waals surface area contributed by atoms with Gasteiger partial charge in [0.1, 0.15) is 5.58 Å². The lowest BCUT2D eigenvalue weighted by Gasteiger charge is -2.13. The molecule has 2 heterocycles. The van der Waals surface area contributed by atoms with E-state index >= 15 is 0 Å². The Bertz CT molecular complexity index is 839. The average molecular weight is 315 g/mol. The van der Waals surface area contributed by atoms with Gasteiger partial charge in [-0.05, 0) is 24.3 Å². The third-order valence-electron chi connectivity index (χ3n) is 3.42. The minimum Gasteiger partial charge on any atom is -0.465 e. The molecule has 0 radical (unpaired) electrons. The number of benzene rings is 1. The number of fused-ring (bicyclic) bond motifs is 1. The quantitative estimate of drug-likeness (QED) is 0.646. The molecular weight excluding hydrogens is 298 g/mol. The molecule has 5 heteroatoms. The van der Waals surface area contributed by atoms with E-state index in [1.54, 1.807) is 29.5 Å². The van der Waals surface area contributed by atoms with E-state index in [1.165, 1.54) is 7.11 Å². The molecule has 114 valence electrons. The summed E-state index contributed by atoms with van der Waals surface area (Å²) in [6, 6.07) is 7.16. The number of furan rings is 1. The van der Waals surface area contributed by atoms with Crippen LogP contribution in [-0.2, 0) is 10.2 Å². The van der Waals surface area contributed by atoms with E-state index in [-0.39, 0.29) is 11.4 Å². The molecule has 0 aliphatic heterocycles. The van der Waals surface area contributed by atoms with Crippen LogP contribution in [0.5, 0.6) is 0 Å². The van der Waals surface area contributed by atoms with E-state index in [1.807, 2.05) is 6.07 Å². The number of carbonyl (C=O) groups is 1. The van der Waals surface area contributed by atoms with Crippen molar-refractivity contribution in [3.63, 3.8) is 0 Å². The Hall–Kier alpha value is -2.14. The maximum Gasteiger partial charge on any atom is 0.337 e. The van der Waals surface area contributed by atoms with Crippen molar-refractivity contribution < 1.29 is 13.9 Å². The molecule has 0 fully saturated rings. The van der Waals surface area contributed by atoms with Crippen molar-refractivity contribution in [2.75, 3.05) is 7.11 Å². The van der Waals surface area contributed by atoms with Crippen molar-refractivity contribution in [2.45, 2.75) is 26.2 Å². The molecule has 0 atom stereocenters. The zero-order chi connectivity index (χ0) is 15.9. The van der Waals surface area contributed by atoms with Crippen LogP contribution in [-0.4, -0.2) is 18.1 Å². The molecule has 0 aliphatic rings. The van der Waals surface area contributed by atoms with Gasteiger partial charge >= 0.3 is 5.97 Å². The highest BCUT2D eigenvalue weighted by Crippen LogP contribution is 2.33. The number of hydrogen-bond donors (Lipinski definition) is 0. The Morgan fingerprint density at radius 1 is 1.27 bits per heavy atom. The van der Waals surface area contributed by atoms with Crippen LogP contribution in [0.1, 0.15) is 36.8 Å². The van der Waals surface area contributed by atoms with E-state index in [4.69, 9.17) is 9.15 Å². The summed E-state index contributed by atoms with van der Waals surface area (Å²) < 4.78 is 10.6. The third-order valence-corrected chi connectivity index (χ3v) is 4.28. The van der Waals surface area contributed by atoms with Crippen LogP contribution in [0.3, 0.4) is 0 Å². The second-order valence-corrected chi connectivity index (χ2v) is 7.00. The molecule has 22 heavy (non-hydrogen) atoms. The number of carbonyl (C=O) groups excluding carboxylic acids is 1. The largest absolute Gasteiger partial charge is 0.465 e. The molecule has 1 aromatic carbocycles. The van der Waals surface area contributed by atoms with Gasteiger partial charge < -0.3 is 9.15 Å². The summed E-state index contributed by atoms with van der Waals surface area (Å²) in [6.07, 6.45) is 0. The summed E-state index contributed by atoms with van der Waals surface area (Å²) in [5.41, 5.74) is 2.30. The normalized spacial score (nSPS) is 11.8. The topological polar surface area (TPSA) is 52.3 Å². The van der Waals surface area contributed by atoms with Gasteiger partial charge in [0.25, 0.3) is 0 Å². The van der Waals surface area contributed by atoms with Crippen LogP contribution < -0.4 is 0 Å². The summed E-state index contributed by atoms with van der Waals surface area (Å²) in [7, 11) is 1.37. The number of esters is 1. The fourth-order valence-electron chi connectivity index (χ4n) is 2.12. The number of hydrogen-bond acceptors (Lipinski definition) is 5. The number of thiazole rings is 1. The number of nitrogens with zero attached hydrogens (tertiary/aromatic N) is 1. The molecule has 2 aromatic heterocycles. The van der Waals surface area contributed by atoms with Gasteiger partial charge in [0.15, 0.2) is 10.8 Å². The molecule has 0 amide bonds. The Labute approximate surface area is 132 Å². The highest BCUT2D eigenvalue weighted by molar-refractivity contribution is 7.13. The number of aromatic nitrogens is 1. The molecule has 0 spiro atoms. The standard InChI is InChI=1S/C17H17NO3S/c1-17(2,3)14-9-22-15(18-14)13-8-11-7-10(16(19)20-4)5-6-12(11)21-13/h5-9H,1-4H3. The first kappa shape index (κ1) is 14.8. The van der Waals surface area contributed by atoms with Gasteiger partial charge in [-0.25, -0.2) is 9.78 Å². The van der Waals surface area contributed by atoms with Crippen molar-refractivity contribution in [2.24, 2.45) is 0 Å². The average Bonchev–Trinajstić information content (AvgIpc) is 3.11. The first-order valence-corrected chi connectivity index (χ1v) is 7.85. The minimum absolute atomic E-state index is 0.0127. The zero-order valence-corrected chi connectivity index (χ0v) is 13.8. The van der Waals surface area contributed by atoms with E-state index in [0.29, 0.717) is 5.56 Å². The van der Waals surface area contributed by atoms with E-state index in [9.17, 15) is 4.79 Å².